The van der Waals surface area contributed by atoms with Gasteiger partial charge in [0.2, 0.25) is 0 Å². The van der Waals surface area contributed by atoms with Crippen LogP contribution in [-0.2, 0) is 11.3 Å². The number of nitrogens with two attached hydrogens (primary N) is 1. The summed E-state index contributed by atoms with van der Waals surface area (Å²) in [7, 11) is 1.60. The first-order valence-electron chi connectivity index (χ1n) is 4.65. The molecule has 1 aromatic heterocycles. The lowest BCUT2D eigenvalue weighted by Crippen LogP contribution is -1.97. The zero-order valence-corrected chi connectivity index (χ0v) is 10.1. The van der Waals surface area contributed by atoms with Gasteiger partial charge in [0.05, 0.1) is 22.8 Å². The van der Waals surface area contributed by atoms with Crippen LogP contribution in [0.4, 0.5) is 5.69 Å². The van der Waals surface area contributed by atoms with E-state index in [1.807, 2.05) is 0 Å². The number of halogens is 2. The Morgan fingerprint density at radius 3 is 2.75 bits per heavy atom. The number of fused-ring (bicyclic) bond motifs is 1. The Hall–Kier alpha value is -1.03. The molecule has 0 bridgehead atoms. The second-order valence-electron chi connectivity index (χ2n) is 3.42. The number of nitrogen functional groups attached to an aromatic ring is 1. The molecule has 0 saturated heterocycles. The van der Waals surface area contributed by atoms with Crippen molar-refractivity contribution >= 4 is 39.8 Å². The number of hydrogen-bond acceptors (Lipinski definition) is 3. The molecule has 0 radical (unpaired) electrons. The quantitative estimate of drug-likeness (QED) is 0.898. The average Bonchev–Trinajstić information content (AvgIpc) is 2.15. The molecular weight excluding hydrogens is 247 g/mol. The van der Waals surface area contributed by atoms with Gasteiger partial charge in [0.15, 0.2) is 0 Å². The van der Waals surface area contributed by atoms with Crippen LogP contribution in [0.3, 0.4) is 0 Å². The Balaban J connectivity index is 2.71. The van der Waals surface area contributed by atoms with Crippen molar-refractivity contribution in [2.75, 3.05) is 12.8 Å². The van der Waals surface area contributed by atoms with Gasteiger partial charge >= 0.3 is 0 Å². The molecule has 0 unspecified atom stereocenters. The number of anilines is 1. The van der Waals surface area contributed by atoms with Crippen LogP contribution in [0.15, 0.2) is 18.2 Å². The number of rotatable bonds is 2. The topological polar surface area (TPSA) is 48.1 Å². The van der Waals surface area contributed by atoms with Crippen LogP contribution in [-0.4, -0.2) is 12.1 Å². The molecule has 0 spiro atoms. The van der Waals surface area contributed by atoms with E-state index >= 15 is 0 Å². The van der Waals surface area contributed by atoms with E-state index in [2.05, 4.69) is 4.98 Å². The molecule has 1 aromatic carbocycles. The Morgan fingerprint density at radius 1 is 1.31 bits per heavy atom. The number of aromatic nitrogens is 1. The Labute approximate surface area is 103 Å². The molecule has 0 aliphatic carbocycles. The molecule has 1 heterocycles. The van der Waals surface area contributed by atoms with Gasteiger partial charge in [0.25, 0.3) is 0 Å². The van der Waals surface area contributed by atoms with Gasteiger partial charge in [-0.25, -0.2) is 0 Å². The van der Waals surface area contributed by atoms with Crippen molar-refractivity contribution in [1.29, 1.82) is 0 Å². The minimum absolute atomic E-state index is 0.407. The predicted molar refractivity (Wildman–Crippen MR) is 66.9 cm³/mol. The van der Waals surface area contributed by atoms with E-state index in [9.17, 15) is 0 Å². The van der Waals surface area contributed by atoms with Gasteiger partial charge in [-0.05, 0) is 18.2 Å². The third-order valence-corrected chi connectivity index (χ3v) is 2.72. The summed E-state index contributed by atoms with van der Waals surface area (Å²) in [6.45, 7) is 0.407. The van der Waals surface area contributed by atoms with Crippen LogP contribution < -0.4 is 5.73 Å². The third-order valence-electron chi connectivity index (χ3n) is 2.20. The van der Waals surface area contributed by atoms with Crippen molar-refractivity contribution in [2.24, 2.45) is 0 Å². The number of hydrogen-bond donors (Lipinski definition) is 1. The van der Waals surface area contributed by atoms with E-state index in [-0.39, 0.29) is 0 Å². The molecule has 0 atom stereocenters. The fraction of sp³-hybridized carbons (Fsp3) is 0.182. The molecule has 0 fully saturated rings. The summed E-state index contributed by atoms with van der Waals surface area (Å²) in [4.78, 5) is 4.37. The second-order valence-corrected chi connectivity index (χ2v) is 4.26. The Kier molecular flexibility index (Phi) is 3.19. The van der Waals surface area contributed by atoms with Gasteiger partial charge in [0, 0.05) is 23.2 Å². The summed E-state index contributed by atoms with van der Waals surface area (Å²) in [6, 6.07) is 5.14. The summed E-state index contributed by atoms with van der Waals surface area (Å²) in [6.07, 6.45) is 0. The molecule has 5 heteroatoms. The molecule has 2 rings (SSSR count). The fourth-order valence-electron chi connectivity index (χ4n) is 1.59. The highest BCUT2D eigenvalue weighted by atomic mass is 35.5. The molecule has 3 nitrogen and oxygen atoms in total. The summed E-state index contributed by atoms with van der Waals surface area (Å²) in [5.74, 6) is 0. The van der Waals surface area contributed by atoms with Crippen LogP contribution in [0.25, 0.3) is 10.9 Å². The third kappa shape index (κ3) is 2.07. The smallest absolute Gasteiger partial charge is 0.0885 e. The number of benzene rings is 1. The SMILES string of the molecule is COCc1cc(N)c2c(Cl)cc(Cl)cc2n1. The second kappa shape index (κ2) is 4.45. The van der Waals surface area contributed by atoms with Crippen LogP contribution >= 0.6 is 23.2 Å². The first-order valence-corrected chi connectivity index (χ1v) is 5.40. The summed E-state index contributed by atoms with van der Waals surface area (Å²) >= 11 is 12.0. The van der Waals surface area contributed by atoms with Crippen molar-refractivity contribution in [1.82, 2.24) is 4.98 Å². The molecule has 0 aliphatic rings. The lowest BCUT2D eigenvalue weighted by atomic mass is 10.1. The van der Waals surface area contributed by atoms with E-state index < -0.39 is 0 Å². The maximum atomic E-state index is 6.06. The van der Waals surface area contributed by atoms with Crippen molar-refractivity contribution in [2.45, 2.75) is 6.61 Å². The monoisotopic (exact) mass is 256 g/mol. The van der Waals surface area contributed by atoms with Crippen molar-refractivity contribution in [3.05, 3.63) is 33.9 Å². The van der Waals surface area contributed by atoms with Gasteiger partial charge in [-0.3, -0.25) is 4.98 Å². The van der Waals surface area contributed by atoms with Crippen molar-refractivity contribution < 1.29 is 4.74 Å². The van der Waals surface area contributed by atoms with Crippen LogP contribution in [0.5, 0.6) is 0 Å². The zero-order valence-electron chi connectivity index (χ0n) is 8.63. The van der Waals surface area contributed by atoms with E-state index in [1.165, 1.54) is 0 Å². The highest BCUT2D eigenvalue weighted by molar-refractivity contribution is 6.39. The summed E-state index contributed by atoms with van der Waals surface area (Å²) in [5, 5.41) is 1.78. The normalized spacial score (nSPS) is 10.9. The molecule has 0 aliphatic heterocycles. The van der Waals surface area contributed by atoms with Crippen LogP contribution in [0.2, 0.25) is 10.0 Å². The molecule has 84 valence electrons. The van der Waals surface area contributed by atoms with Gasteiger partial charge in [-0.1, -0.05) is 23.2 Å². The highest BCUT2D eigenvalue weighted by Gasteiger charge is 2.08. The predicted octanol–water partition coefficient (Wildman–Crippen LogP) is 3.27. The lowest BCUT2D eigenvalue weighted by Gasteiger charge is -2.07. The van der Waals surface area contributed by atoms with E-state index in [4.69, 9.17) is 33.7 Å². The number of methoxy groups -OCH3 is 1. The molecule has 0 amide bonds. The first kappa shape index (κ1) is 11.5. The highest BCUT2D eigenvalue weighted by Crippen LogP contribution is 2.31. The molecule has 2 N–H and O–H groups in total. The van der Waals surface area contributed by atoms with Gasteiger partial charge < -0.3 is 10.5 Å². The number of pyridine rings is 1. The summed E-state index contributed by atoms with van der Waals surface area (Å²) in [5.41, 5.74) is 7.94. The Bertz CT molecular complexity index is 543. The maximum Gasteiger partial charge on any atom is 0.0885 e. The van der Waals surface area contributed by atoms with Crippen LogP contribution in [0.1, 0.15) is 5.69 Å². The van der Waals surface area contributed by atoms with Gasteiger partial charge in [-0.2, -0.15) is 0 Å². The van der Waals surface area contributed by atoms with E-state index in [0.29, 0.717) is 27.9 Å². The summed E-state index contributed by atoms with van der Waals surface area (Å²) < 4.78 is 5.01. The van der Waals surface area contributed by atoms with Gasteiger partial charge in [-0.15, -0.1) is 0 Å². The average molecular weight is 257 g/mol. The van der Waals surface area contributed by atoms with Crippen molar-refractivity contribution in [3.8, 4) is 0 Å². The molecule has 0 saturated carbocycles. The maximum absolute atomic E-state index is 6.06. The number of nitrogens with zero attached hydrogens (tertiary/aromatic N) is 1. The standard InChI is InChI=1S/C11H10Cl2N2O/c1-16-5-7-4-9(14)11-8(13)2-6(12)3-10(11)15-7/h2-4H,5H2,1H3,(H2,14,15). The van der Waals surface area contributed by atoms with Gasteiger partial charge in [0.1, 0.15) is 0 Å². The molecule has 16 heavy (non-hydrogen) atoms. The van der Waals surface area contributed by atoms with E-state index in [0.717, 1.165) is 11.1 Å². The molecular formula is C11H10Cl2N2O. The molecule has 2 aromatic rings. The Morgan fingerprint density at radius 2 is 2.06 bits per heavy atom. The first-order chi connectivity index (χ1) is 7.61. The van der Waals surface area contributed by atoms with Crippen LogP contribution in [0, 0.1) is 0 Å². The largest absolute Gasteiger partial charge is 0.398 e. The van der Waals surface area contributed by atoms with E-state index in [1.54, 1.807) is 25.3 Å². The minimum atomic E-state index is 0.407. The lowest BCUT2D eigenvalue weighted by molar-refractivity contribution is 0.182. The number of ether oxygens (including phenoxy) is 1. The van der Waals surface area contributed by atoms with Crippen molar-refractivity contribution in [3.63, 3.8) is 0 Å². The fourth-order valence-corrected chi connectivity index (χ4v) is 2.19. The minimum Gasteiger partial charge on any atom is -0.398 e. The zero-order chi connectivity index (χ0) is 11.7.